The van der Waals surface area contributed by atoms with Crippen LogP contribution in [0.15, 0.2) is 42.5 Å². The van der Waals surface area contributed by atoms with Gasteiger partial charge in [0.2, 0.25) is 0 Å². The minimum atomic E-state index is -0.597. The zero-order chi connectivity index (χ0) is 24.6. The van der Waals surface area contributed by atoms with Crippen LogP contribution in [0, 0.1) is 22.6 Å². The van der Waals surface area contributed by atoms with Crippen molar-refractivity contribution >= 4 is 23.4 Å². The fraction of sp³-hybridized carbons (Fsp3) is 0.400. The Morgan fingerprint density at radius 1 is 1.21 bits per heavy atom. The summed E-state index contributed by atoms with van der Waals surface area (Å²) in [6.07, 6.45) is 2.18. The third-order valence-corrected chi connectivity index (χ3v) is 6.21. The van der Waals surface area contributed by atoms with Crippen LogP contribution < -0.4 is 15.8 Å². The average Bonchev–Trinajstić information content (AvgIpc) is 2.85. The van der Waals surface area contributed by atoms with E-state index in [-0.39, 0.29) is 35.6 Å². The molecule has 1 heterocycles. The van der Waals surface area contributed by atoms with Crippen LogP contribution in [0.2, 0.25) is 5.02 Å². The molecule has 1 saturated heterocycles. The number of likely N-dealkylation sites (tertiary alicyclic amines) is 1. The first-order valence-electron chi connectivity index (χ1n) is 11.2. The van der Waals surface area contributed by atoms with E-state index in [9.17, 15) is 19.2 Å². The van der Waals surface area contributed by atoms with Crippen molar-refractivity contribution in [2.75, 3.05) is 32.8 Å². The smallest absolute Gasteiger partial charge is 0.260 e. The molecule has 0 aliphatic carbocycles. The first-order valence-corrected chi connectivity index (χ1v) is 11.6. The molecule has 1 aliphatic rings. The van der Waals surface area contributed by atoms with Gasteiger partial charge in [0, 0.05) is 24.7 Å². The highest BCUT2D eigenvalue weighted by Crippen LogP contribution is 2.34. The second kappa shape index (κ2) is 11.8. The van der Waals surface area contributed by atoms with E-state index in [1.165, 1.54) is 18.2 Å². The van der Waals surface area contributed by atoms with Gasteiger partial charge in [-0.15, -0.1) is 0 Å². The molecule has 1 fully saturated rings. The average molecular weight is 487 g/mol. The van der Waals surface area contributed by atoms with Crippen LogP contribution in [-0.2, 0) is 11.2 Å². The molecular weight excluding hydrogens is 459 g/mol. The van der Waals surface area contributed by atoms with Gasteiger partial charge in [-0.25, -0.2) is 4.39 Å². The van der Waals surface area contributed by atoms with Crippen molar-refractivity contribution in [1.29, 1.82) is 5.26 Å². The molecule has 3 N–H and O–H groups in total. The minimum absolute atomic E-state index is 0.224. The van der Waals surface area contributed by atoms with Crippen molar-refractivity contribution in [3.05, 3.63) is 64.4 Å². The highest BCUT2D eigenvalue weighted by Gasteiger charge is 2.36. The number of amides is 2. The number of nitrogens with two attached hydrogens (primary N) is 1. The Kier molecular flexibility index (Phi) is 8.85. The molecule has 3 rings (SSSR count). The fourth-order valence-corrected chi connectivity index (χ4v) is 4.11. The number of halogens is 2. The Bertz CT molecular complexity index is 1050. The van der Waals surface area contributed by atoms with Gasteiger partial charge >= 0.3 is 0 Å². The fourth-order valence-electron chi connectivity index (χ4n) is 3.94. The highest BCUT2D eigenvalue weighted by atomic mass is 35.5. The van der Waals surface area contributed by atoms with Crippen molar-refractivity contribution in [1.82, 2.24) is 10.2 Å². The zero-order valence-electron chi connectivity index (χ0n) is 18.9. The van der Waals surface area contributed by atoms with Crippen LogP contribution in [0.1, 0.15) is 35.2 Å². The van der Waals surface area contributed by atoms with E-state index in [0.717, 1.165) is 5.56 Å². The summed E-state index contributed by atoms with van der Waals surface area (Å²) in [6, 6.07) is 13.2. The van der Waals surface area contributed by atoms with Crippen molar-refractivity contribution in [3.63, 3.8) is 0 Å². The van der Waals surface area contributed by atoms with Crippen molar-refractivity contribution in [2.24, 2.45) is 11.1 Å². The largest absolute Gasteiger partial charge is 0.483 e. The number of carbonyl (C=O) groups excluding carboxylic acids is 2. The first-order chi connectivity index (χ1) is 16.4. The van der Waals surface area contributed by atoms with Gasteiger partial charge in [-0.2, -0.15) is 5.26 Å². The number of benzene rings is 2. The molecule has 2 aromatic carbocycles. The number of carbonyl (C=O) groups is 2. The second-order valence-corrected chi connectivity index (χ2v) is 8.84. The summed E-state index contributed by atoms with van der Waals surface area (Å²) in [4.78, 5) is 26.9. The van der Waals surface area contributed by atoms with Crippen LogP contribution >= 0.6 is 11.6 Å². The summed E-state index contributed by atoms with van der Waals surface area (Å²) in [7, 11) is 0. The van der Waals surface area contributed by atoms with Crippen LogP contribution in [0.4, 0.5) is 4.39 Å². The predicted octanol–water partition coefficient (Wildman–Crippen LogP) is 3.31. The number of hydrogen-bond donors (Lipinski definition) is 2. The molecule has 0 bridgehead atoms. The first kappa shape index (κ1) is 25.5. The Morgan fingerprint density at radius 3 is 2.56 bits per heavy atom. The molecule has 0 spiro atoms. The summed E-state index contributed by atoms with van der Waals surface area (Å²) in [5.74, 6) is -0.622. The van der Waals surface area contributed by atoms with Gasteiger partial charge in [-0.3, -0.25) is 9.59 Å². The molecule has 0 radical (unpaired) electrons. The monoisotopic (exact) mass is 486 g/mol. The lowest BCUT2D eigenvalue weighted by molar-refractivity contribution is -0.135. The maximum absolute atomic E-state index is 13.2. The van der Waals surface area contributed by atoms with Crippen LogP contribution in [0.25, 0.3) is 0 Å². The molecule has 7 nitrogen and oxygen atoms in total. The van der Waals surface area contributed by atoms with Gasteiger partial charge < -0.3 is 20.7 Å². The van der Waals surface area contributed by atoms with E-state index < -0.39 is 5.41 Å². The lowest BCUT2D eigenvalue weighted by Crippen LogP contribution is -2.45. The number of rotatable bonds is 9. The van der Waals surface area contributed by atoms with E-state index in [2.05, 4.69) is 11.4 Å². The van der Waals surface area contributed by atoms with Gasteiger partial charge in [0.05, 0.1) is 17.0 Å². The molecule has 0 aromatic heterocycles. The van der Waals surface area contributed by atoms with Crippen molar-refractivity contribution < 1.29 is 18.7 Å². The van der Waals surface area contributed by atoms with Crippen molar-refractivity contribution in [3.8, 4) is 11.8 Å². The van der Waals surface area contributed by atoms with Crippen molar-refractivity contribution in [2.45, 2.75) is 25.7 Å². The van der Waals surface area contributed by atoms with Gasteiger partial charge in [0.25, 0.3) is 11.8 Å². The summed E-state index contributed by atoms with van der Waals surface area (Å²) in [5.41, 5.74) is 6.00. The Balaban J connectivity index is 1.57. The normalized spacial score (nSPS) is 14.8. The Labute approximate surface area is 203 Å². The lowest BCUT2D eigenvalue weighted by atomic mass is 9.75. The molecule has 9 heteroatoms. The SMILES string of the molecule is N#CC1(Cc2ccc(F)cc2)CCN(C(=O)COc2ccc(Cl)cc2C(=O)NCCCN)CC1. The number of hydrogen-bond acceptors (Lipinski definition) is 5. The van der Waals surface area contributed by atoms with E-state index in [4.69, 9.17) is 22.1 Å². The van der Waals surface area contributed by atoms with E-state index in [1.54, 1.807) is 29.2 Å². The maximum Gasteiger partial charge on any atom is 0.260 e. The quantitative estimate of drug-likeness (QED) is 0.528. The van der Waals surface area contributed by atoms with Crippen LogP contribution in [-0.4, -0.2) is 49.5 Å². The standard InChI is InChI=1S/C25H28ClFN4O3/c26-19-4-7-22(21(14-19)24(33)30-11-1-10-28)34-16-23(32)31-12-8-25(17-29,9-13-31)15-18-2-5-20(27)6-3-18/h2-7,14H,1,8-13,15-16,28H2,(H,30,33). The molecule has 0 saturated carbocycles. The van der Waals surface area contributed by atoms with Crippen LogP contribution in [0.5, 0.6) is 5.75 Å². The topological polar surface area (TPSA) is 108 Å². The van der Waals surface area contributed by atoms with Crippen LogP contribution in [0.3, 0.4) is 0 Å². The summed E-state index contributed by atoms with van der Waals surface area (Å²) < 4.78 is 18.9. The second-order valence-electron chi connectivity index (χ2n) is 8.40. The molecular formula is C25H28ClFN4O3. The van der Waals surface area contributed by atoms with Gasteiger partial charge in [0.1, 0.15) is 11.6 Å². The van der Waals surface area contributed by atoms with Gasteiger partial charge in [-0.1, -0.05) is 23.7 Å². The molecule has 0 atom stereocenters. The molecule has 0 unspecified atom stereocenters. The molecule has 2 aromatic rings. The molecule has 34 heavy (non-hydrogen) atoms. The number of ether oxygens (including phenoxy) is 1. The number of nitriles is 1. The Hall–Kier alpha value is -3.15. The van der Waals surface area contributed by atoms with E-state index in [1.807, 2.05) is 0 Å². The third kappa shape index (κ3) is 6.69. The number of nitrogens with zero attached hydrogens (tertiary/aromatic N) is 2. The third-order valence-electron chi connectivity index (χ3n) is 5.97. The molecule has 1 aliphatic heterocycles. The molecule has 2 amide bonds. The zero-order valence-corrected chi connectivity index (χ0v) is 19.6. The minimum Gasteiger partial charge on any atom is -0.483 e. The summed E-state index contributed by atoms with van der Waals surface area (Å²) in [6.45, 7) is 1.49. The maximum atomic E-state index is 13.2. The lowest BCUT2D eigenvalue weighted by Gasteiger charge is -2.37. The molecule has 180 valence electrons. The number of nitrogens with one attached hydrogen (secondary N) is 1. The Morgan fingerprint density at radius 2 is 1.91 bits per heavy atom. The highest BCUT2D eigenvalue weighted by molar-refractivity contribution is 6.31. The van der Waals surface area contributed by atoms with Gasteiger partial charge in [-0.05, 0) is 68.1 Å². The summed E-state index contributed by atoms with van der Waals surface area (Å²) in [5, 5.41) is 12.9. The summed E-state index contributed by atoms with van der Waals surface area (Å²) >= 11 is 6.04. The predicted molar refractivity (Wildman–Crippen MR) is 127 cm³/mol. The van der Waals surface area contributed by atoms with E-state index in [0.29, 0.717) is 56.9 Å². The van der Waals surface area contributed by atoms with Gasteiger partial charge in [0.15, 0.2) is 6.61 Å². The number of piperidine rings is 1. The van der Waals surface area contributed by atoms with E-state index >= 15 is 0 Å².